The van der Waals surface area contributed by atoms with E-state index in [1.165, 1.54) is 12.1 Å². The molecule has 1 aliphatic rings. The van der Waals surface area contributed by atoms with E-state index in [0.717, 1.165) is 29.5 Å². The van der Waals surface area contributed by atoms with Gasteiger partial charge in [0.2, 0.25) is 0 Å². The average Bonchev–Trinajstić information content (AvgIpc) is 2.93. The highest BCUT2D eigenvalue weighted by molar-refractivity contribution is 7.80. The minimum Gasteiger partial charge on any atom is -0.389 e. The molecule has 0 saturated heterocycles. The van der Waals surface area contributed by atoms with E-state index in [1.54, 1.807) is 0 Å². The van der Waals surface area contributed by atoms with Crippen molar-refractivity contribution in [2.24, 2.45) is 17.6 Å². The third-order valence-corrected chi connectivity index (χ3v) is 3.92. The van der Waals surface area contributed by atoms with Crippen molar-refractivity contribution >= 4 is 22.9 Å². The van der Waals surface area contributed by atoms with Crippen LogP contribution in [0.4, 0.5) is 5.69 Å². The molecule has 0 radical (unpaired) electrons. The fraction of sp³-hybridized carbons (Fsp3) is 0.500. The number of benzene rings is 1. The van der Waals surface area contributed by atoms with Crippen molar-refractivity contribution in [3.05, 3.63) is 29.3 Å². The highest BCUT2D eigenvalue weighted by Crippen LogP contribution is 2.38. The van der Waals surface area contributed by atoms with Gasteiger partial charge in [-0.3, -0.25) is 0 Å². The molecular formula is C14H20N2S. The molecule has 1 aromatic carbocycles. The lowest BCUT2D eigenvalue weighted by Crippen LogP contribution is -2.21. The van der Waals surface area contributed by atoms with Crippen molar-refractivity contribution in [1.29, 1.82) is 0 Å². The molecule has 2 N–H and O–H groups in total. The minimum atomic E-state index is 0.479. The van der Waals surface area contributed by atoms with E-state index in [1.807, 2.05) is 6.07 Å². The normalized spacial score (nSPS) is 22.3. The van der Waals surface area contributed by atoms with Crippen molar-refractivity contribution in [3.8, 4) is 0 Å². The Bertz CT molecular complexity index is 442. The number of thiocarbonyl (C=S) groups is 1. The molecule has 17 heavy (non-hydrogen) atoms. The summed E-state index contributed by atoms with van der Waals surface area (Å²) in [5.41, 5.74) is 9.06. The smallest absolute Gasteiger partial charge is 0.104 e. The number of aryl methyl sites for hydroxylation is 1. The zero-order valence-electron chi connectivity index (χ0n) is 10.7. The summed E-state index contributed by atoms with van der Waals surface area (Å²) in [6.45, 7) is 5.53. The molecule has 1 saturated carbocycles. The van der Waals surface area contributed by atoms with Crippen LogP contribution in [0.25, 0.3) is 0 Å². The second kappa shape index (κ2) is 4.65. The van der Waals surface area contributed by atoms with Crippen LogP contribution in [0.2, 0.25) is 0 Å². The molecule has 1 aliphatic carbocycles. The Labute approximate surface area is 109 Å². The first-order valence-electron chi connectivity index (χ1n) is 6.10. The summed E-state index contributed by atoms with van der Waals surface area (Å²) in [5, 5.41) is 0. The predicted molar refractivity (Wildman–Crippen MR) is 77.6 cm³/mol. The maximum atomic E-state index is 5.67. The SMILES string of the molecule is Cc1cc(N(C)CC2CC2C)ccc1C(N)=S. The third kappa shape index (κ3) is 2.78. The van der Waals surface area contributed by atoms with Crippen molar-refractivity contribution in [2.45, 2.75) is 20.3 Å². The summed E-state index contributed by atoms with van der Waals surface area (Å²) in [6, 6.07) is 6.30. The van der Waals surface area contributed by atoms with Gasteiger partial charge >= 0.3 is 0 Å². The number of nitrogens with two attached hydrogens (primary N) is 1. The summed E-state index contributed by atoms with van der Waals surface area (Å²) in [5.74, 6) is 1.77. The van der Waals surface area contributed by atoms with Gasteiger partial charge in [-0.2, -0.15) is 0 Å². The van der Waals surface area contributed by atoms with E-state index in [9.17, 15) is 0 Å². The van der Waals surface area contributed by atoms with Crippen molar-refractivity contribution < 1.29 is 0 Å². The van der Waals surface area contributed by atoms with Crippen LogP contribution in [0.3, 0.4) is 0 Å². The lowest BCUT2D eigenvalue weighted by Gasteiger charge is -2.20. The van der Waals surface area contributed by atoms with E-state index in [-0.39, 0.29) is 0 Å². The van der Waals surface area contributed by atoms with E-state index >= 15 is 0 Å². The van der Waals surface area contributed by atoms with Crippen LogP contribution >= 0.6 is 12.2 Å². The number of hydrogen-bond acceptors (Lipinski definition) is 2. The van der Waals surface area contributed by atoms with E-state index in [0.29, 0.717) is 4.99 Å². The first-order chi connectivity index (χ1) is 7.99. The van der Waals surface area contributed by atoms with Gasteiger partial charge < -0.3 is 10.6 Å². The minimum absolute atomic E-state index is 0.479. The fourth-order valence-corrected chi connectivity index (χ4v) is 2.50. The average molecular weight is 248 g/mol. The molecule has 1 aromatic rings. The van der Waals surface area contributed by atoms with E-state index in [4.69, 9.17) is 18.0 Å². The molecule has 3 heteroatoms. The van der Waals surface area contributed by atoms with Gasteiger partial charge in [0.05, 0.1) is 0 Å². The Morgan fingerprint density at radius 3 is 2.65 bits per heavy atom. The van der Waals surface area contributed by atoms with Crippen molar-refractivity contribution in [3.63, 3.8) is 0 Å². The van der Waals surface area contributed by atoms with Crippen LogP contribution in [0.5, 0.6) is 0 Å². The molecule has 2 rings (SSSR count). The van der Waals surface area contributed by atoms with Gasteiger partial charge in [-0.1, -0.05) is 19.1 Å². The van der Waals surface area contributed by atoms with Gasteiger partial charge in [-0.25, -0.2) is 0 Å². The Hall–Kier alpha value is -1.09. The topological polar surface area (TPSA) is 29.3 Å². The largest absolute Gasteiger partial charge is 0.389 e. The zero-order chi connectivity index (χ0) is 12.6. The summed E-state index contributed by atoms with van der Waals surface area (Å²) >= 11 is 5.02. The van der Waals surface area contributed by atoms with Gasteiger partial charge in [-0.15, -0.1) is 0 Å². The maximum absolute atomic E-state index is 5.67. The number of hydrogen-bond donors (Lipinski definition) is 1. The van der Waals surface area contributed by atoms with E-state index in [2.05, 4.69) is 37.9 Å². The van der Waals surface area contributed by atoms with Crippen LogP contribution in [0.15, 0.2) is 18.2 Å². The Balaban J connectivity index is 2.10. The fourth-order valence-electron chi connectivity index (χ4n) is 2.27. The van der Waals surface area contributed by atoms with Gasteiger partial charge in [-0.05, 0) is 48.9 Å². The Morgan fingerprint density at radius 2 is 2.18 bits per heavy atom. The van der Waals surface area contributed by atoms with Crippen LogP contribution in [-0.4, -0.2) is 18.6 Å². The Kier molecular flexibility index (Phi) is 3.38. The number of nitrogens with zero attached hydrogens (tertiary/aromatic N) is 1. The summed E-state index contributed by atoms with van der Waals surface area (Å²) in [7, 11) is 2.15. The molecule has 0 bridgehead atoms. The highest BCUT2D eigenvalue weighted by atomic mass is 32.1. The molecule has 0 aliphatic heterocycles. The molecule has 0 spiro atoms. The number of anilines is 1. The monoisotopic (exact) mass is 248 g/mol. The quantitative estimate of drug-likeness (QED) is 0.831. The lowest BCUT2D eigenvalue weighted by atomic mass is 10.1. The van der Waals surface area contributed by atoms with E-state index < -0.39 is 0 Å². The molecule has 0 aromatic heterocycles. The summed E-state index contributed by atoms with van der Waals surface area (Å²) < 4.78 is 0. The molecule has 92 valence electrons. The highest BCUT2D eigenvalue weighted by Gasteiger charge is 2.33. The van der Waals surface area contributed by atoms with Crippen molar-refractivity contribution in [2.75, 3.05) is 18.5 Å². The maximum Gasteiger partial charge on any atom is 0.104 e. The Morgan fingerprint density at radius 1 is 1.53 bits per heavy atom. The van der Waals surface area contributed by atoms with Gasteiger partial charge in [0.15, 0.2) is 0 Å². The summed E-state index contributed by atoms with van der Waals surface area (Å²) in [6.07, 6.45) is 1.37. The van der Waals surface area contributed by atoms with Crippen molar-refractivity contribution in [1.82, 2.24) is 0 Å². The van der Waals surface area contributed by atoms with Crippen LogP contribution in [0, 0.1) is 18.8 Å². The second-order valence-electron chi connectivity index (χ2n) is 5.22. The second-order valence-corrected chi connectivity index (χ2v) is 5.66. The van der Waals surface area contributed by atoms with Crippen LogP contribution in [-0.2, 0) is 0 Å². The molecule has 2 atom stereocenters. The molecule has 0 heterocycles. The third-order valence-electron chi connectivity index (χ3n) is 3.70. The summed E-state index contributed by atoms with van der Waals surface area (Å²) in [4.78, 5) is 2.80. The van der Waals surface area contributed by atoms with Gasteiger partial charge in [0.25, 0.3) is 0 Å². The first kappa shape index (κ1) is 12.4. The first-order valence-corrected chi connectivity index (χ1v) is 6.51. The predicted octanol–water partition coefficient (Wildman–Crippen LogP) is 2.72. The molecule has 0 amide bonds. The standard InChI is InChI=1S/C14H20N2S/c1-9-6-11(9)8-16(3)12-4-5-13(14(15)17)10(2)7-12/h4-5,7,9,11H,6,8H2,1-3H3,(H2,15,17). The van der Waals surface area contributed by atoms with Gasteiger partial charge in [0.1, 0.15) is 4.99 Å². The van der Waals surface area contributed by atoms with Gasteiger partial charge in [0, 0.05) is 24.8 Å². The van der Waals surface area contributed by atoms with Crippen LogP contribution in [0.1, 0.15) is 24.5 Å². The zero-order valence-corrected chi connectivity index (χ0v) is 11.6. The molecule has 1 fully saturated rings. The molecule has 2 unspecified atom stereocenters. The molecule has 2 nitrogen and oxygen atoms in total. The lowest BCUT2D eigenvalue weighted by molar-refractivity contribution is 0.725. The molecular weight excluding hydrogens is 228 g/mol. The van der Waals surface area contributed by atoms with Crippen LogP contribution < -0.4 is 10.6 Å². The number of rotatable bonds is 4.